The number of allylic oxidation sites excluding steroid dienone is 2. The molecular formula is C25H20BrNO2. The molecule has 0 amide bonds. The van der Waals surface area contributed by atoms with Crippen molar-refractivity contribution in [2.24, 2.45) is 5.92 Å². The minimum atomic E-state index is -0.339. The van der Waals surface area contributed by atoms with Crippen molar-refractivity contribution in [1.29, 1.82) is 0 Å². The third kappa shape index (κ3) is 3.49. The van der Waals surface area contributed by atoms with Crippen LogP contribution >= 0.6 is 15.9 Å². The van der Waals surface area contributed by atoms with Gasteiger partial charge in [-0.15, -0.1) is 0 Å². The standard InChI is InChI=1S/C25H20BrNO2/c26-18-11-14-23-22(15-18)20-7-4-8-21(20)24(27-23)16-9-12-19(13-10-16)29-25(28)17-5-2-1-3-6-17/h1-7,9-15,20-21,24,27H,8H2/t20-,21+,24+/m1/s1. The van der Waals surface area contributed by atoms with Crippen molar-refractivity contribution in [2.45, 2.75) is 18.4 Å². The van der Waals surface area contributed by atoms with Gasteiger partial charge in [-0.1, -0.05) is 58.4 Å². The highest BCUT2D eigenvalue weighted by Crippen LogP contribution is 2.50. The Morgan fingerprint density at radius 2 is 1.79 bits per heavy atom. The fourth-order valence-electron chi connectivity index (χ4n) is 4.38. The van der Waals surface area contributed by atoms with E-state index in [1.165, 1.54) is 16.8 Å². The lowest BCUT2D eigenvalue weighted by molar-refractivity contribution is 0.0734. The van der Waals surface area contributed by atoms with Crippen LogP contribution in [-0.4, -0.2) is 5.97 Å². The van der Waals surface area contributed by atoms with Gasteiger partial charge in [0.1, 0.15) is 5.75 Å². The number of ether oxygens (including phenoxy) is 1. The molecule has 0 radical (unpaired) electrons. The Labute approximate surface area is 178 Å². The average molecular weight is 446 g/mol. The minimum absolute atomic E-state index is 0.225. The smallest absolute Gasteiger partial charge is 0.343 e. The third-order valence-corrected chi connectivity index (χ3v) is 6.28. The minimum Gasteiger partial charge on any atom is -0.423 e. The molecule has 3 aromatic rings. The van der Waals surface area contributed by atoms with Crippen LogP contribution in [0.15, 0.2) is 89.4 Å². The van der Waals surface area contributed by atoms with E-state index >= 15 is 0 Å². The number of halogens is 1. The predicted molar refractivity (Wildman–Crippen MR) is 118 cm³/mol. The molecule has 1 aliphatic carbocycles. The zero-order chi connectivity index (χ0) is 19.8. The lowest BCUT2D eigenvalue weighted by atomic mass is 9.77. The van der Waals surface area contributed by atoms with E-state index in [1.54, 1.807) is 12.1 Å². The number of hydrogen-bond donors (Lipinski definition) is 1. The van der Waals surface area contributed by atoms with Crippen LogP contribution < -0.4 is 10.1 Å². The van der Waals surface area contributed by atoms with Crippen LogP contribution in [0, 0.1) is 5.92 Å². The molecule has 3 aromatic carbocycles. The zero-order valence-electron chi connectivity index (χ0n) is 15.7. The van der Waals surface area contributed by atoms with Crippen molar-refractivity contribution in [3.8, 4) is 5.75 Å². The summed E-state index contributed by atoms with van der Waals surface area (Å²) in [4.78, 5) is 12.3. The topological polar surface area (TPSA) is 38.3 Å². The number of carbonyl (C=O) groups is 1. The molecule has 2 aliphatic rings. The monoisotopic (exact) mass is 445 g/mol. The Bertz CT molecular complexity index is 1080. The van der Waals surface area contributed by atoms with E-state index in [9.17, 15) is 4.79 Å². The summed E-state index contributed by atoms with van der Waals surface area (Å²) in [6.45, 7) is 0. The maximum Gasteiger partial charge on any atom is 0.343 e. The highest BCUT2D eigenvalue weighted by Gasteiger charge is 2.37. The first kappa shape index (κ1) is 18.2. The van der Waals surface area contributed by atoms with Gasteiger partial charge in [-0.05, 0) is 65.9 Å². The highest BCUT2D eigenvalue weighted by atomic mass is 79.9. The zero-order valence-corrected chi connectivity index (χ0v) is 17.3. The molecule has 0 aromatic heterocycles. The van der Waals surface area contributed by atoms with Gasteiger partial charge in [0.05, 0.1) is 11.6 Å². The molecule has 0 spiro atoms. The molecule has 1 N–H and O–H groups in total. The molecule has 29 heavy (non-hydrogen) atoms. The van der Waals surface area contributed by atoms with Crippen molar-refractivity contribution >= 4 is 27.6 Å². The first-order valence-electron chi connectivity index (χ1n) is 9.79. The van der Waals surface area contributed by atoms with Gasteiger partial charge in [0, 0.05) is 16.1 Å². The van der Waals surface area contributed by atoms with E-state index in [0.717, 1.165) is 10.9 Å². The average Bonchev–Trinajstić information content (AvgIpc) is 3.25. The second-order valence-electron chi connectivity index (χ2n) is 7.53. The summed E-state index contributed by atoms with van der Waals surface area (Å²) in [6.07, 6.45) is 5.68. The number of anilines is 1. The number of benzene rings is 3. The SMILES string of the molecule is O=C(Oc1ccc([C@@H]2Nc3ccc(Br)cc3[C@@H]3C=CC[C@@H]32)cc1)c1ccccc1. The van der Waals surface area contributed by atoms with Gasteiger partial charge in [-0.25, -0.2) is 4.79 Å². The van der Waals surface area contributed by atoms with Gasteiger partial charge in [-0.3, -0.25) is 0 Å². The molecule has 144 valence electrons. The molecule has 0 bridgehead atoms. The molecule has 5 rings (SSSR count). The van der Waals surface area contributed by atoms with Crippen LogP contribution in [0.25, 0.3) is 0 Å². The molecule has 0 saturated heterocycles. The lowest BCUT2D eigenvalue weighted by Crippen LogP contribution is -2.29. The molecule has 1 aliphatic heterocycles. The van der Waals surface area contributed by atoms with E-state index in [1.807, 2.05) is 30.3 Å². The van der Waals surface area contributed by atoms with Gasteiger partial charge in [0.25, 0.3) is 0 Å². The quantitative estimate of drug-likeness (QED) is 0.284. The van der Waals surface area contributed by atoms with Crippen molar-refractivity contribution in [1.82, 2.24) is 0 Å². The number of nitrogens with one attached hydrogen (secondary N) is 1. The van der Waals surface area contributed by atoms with Gasteiger partial charge in [-0.2, -0.15) is 0 Å². The number of rotatable bonds is 3. The maximum atomic E-state index is 12.3. The summed E-state index contributed by atoms with van der Waals surface area (Å²) in [5.74, 6) is 1.12. The van der Waals surface area contributed by atoms with Crippen LogP contribution in [0.5, 0.6) is 5.75 Å². The maximum absolute atomic E-state index is 12.3. The van der Waals surface area contributed by atoms with Crippen molar-refractivity contribution in [3.63, 3.8) is 0 Å². The molecule has 0 fully saturated rings. The number of hydrogen-bond acceptors (Lipinski definition) is 3. The first-order valence-corrected chi connectivity index (χ1v) is 10.6. The second-order valence-corrected chi connectivity index (χ2v) is 8.45. The van der Waals surface area contributed by atoms with Crippen molar-refractivity contribution < 1.29 is 9.53 Å². The summed E-state index contributed by atoms with van der Waals surface area (Å²) in [5.41, 5.74) is 4.29. The van der Waals surface area contributed by atoms with E-state index in [4.69, 9.17) is 4.74 Å². The summed E-state index contributed by atoms with van der Waals surface area (Å²) in [7, 11) is 0. The van der Waals surface area contributed by atoms with E-state index in [0.29, 0.717) is 23.1 Å². The first-order chi connectivity index (χ1) is 14.2. The van der Waals surface area contributed by atoms with Crippen LogP contribution in [0.2, 0.25) is 0 Å². The Balaban J connectivity index is 1.37. The van der Waals surface area contributed by atoms with Crippen LogP contribution in [0.4, 0.5) is 5.69 Å². The normalized spacial score (nSPS) is 21.8. The molecule has 1 heterocycles. The van der Waals surface area contributed by atoms with Gasteiger partial charge < -0.3 is 10.1 Å². The van der Waals surface area contributed by atoms with E-state index in [2.05, 4.69) is 63.7 Å². The summed E-state index contributed by atoms with van der Waals surface area (Å²) < 4.78 is 6.63. The third-order valence-electron chi connectivity index (χ3n) is 5.78. The summed E-state index contributed by atoms with van der Waals surface area (Å²) in [5, 5.41) is 3.73. The summed E-state index contributed by atoms with van der Waals surface area (Å²) >= 11 is 3.60. The summed E-state index contributed by atoms with van der Waals surface area (Å²) in [6, 6.07) is 23.6. The van der Waals surface area contributed by atoms with Gasteiger partial charge in [0.2, 0.25) is 0 Å². The Hall–Kier alpha value is -2.85. The van der Waals surface area contributed by atoms with Crippen LogP contribution in [0.3, 0.4) is 0 Å². The molecule has 4 heteroatoms. The predicted octanol–water partition coefficient (Wildman–Crippen LogP) is 6.49. The Morgan fingerprint density at radius 3 is 2.59 bits per heavy atom. The lowest BCUT2D eigenvalue weighted by Gasteiger charge is -2.37. The van der Waals surface area contributed by atoms with Gasteiger partial charge in [0.15, 0.2) is 0 Å². The molecule has 0 saturated carbocycles. The van der Waals surface area contributed by atoms with E-state index in [-0.39, 0.29) is 12.0 Å². The molecule has 3 atom stereocenters. The Morgan fingerprint density at radius 1 is 1.00 bits per heavy atom. The largest absolute Gasteiger partial charge is 0.423 e. The second kappa shape index (κ2) is 7.53. The van der Waals surface area contributed by atoms with Crippen molar-refractivity contribution in [3.05, 3.63) is 106 Å². The molecule has 0 unspecified atom stereocenters. The Kier molecular flexibility index (Phi) is 4.72. The van der Waals surface area contributed by atoms with Crippen molar-refractivity contribution in [2.75, 3.05) is 5.32 Å². The number of carbonyl (C=O) groups excluding carboxylic acids is 1. The fraction of sp³-hybridized carbons (Fsp3) is 0.160. The van der Waals surface area contributed by atoms with E-state index < -0.39 is 0 Å². The fourth-order valence-corrected chi connectivity index (χ4v) is 4.76. The van der Waals surface area contributed by atoms with Crippen LogP contribution in [0.1, 0.15) is 39.9 Å². The van der Waals surface area contributed by atoms with Crippen LogP contribution in [-0.2, 0) is 0 Å². The number of esters is 1. The number of fused-ring (bicyclic) bond motifs is 3. The highest BCUT2D eigenvalue weighted by molar-refractivity contribution is 9.10. The molecular weight excluding hydrogens is 426 g/mol. The molecule has 3 nitrogen and oxygen atoms in total. The van der Waals surface area contributed by atoms with Gasteiger partial charge >= 0.3 is 5.97 Å².